The molecular formula is C25H20N4O3. The Labute approximate surface area is 183 Å². The highest BCUT2D eigenvalue weighted by Crippen LogP contribution is 2.30. The van der Waals surface area contributed by atoms with E-state index < -0.39 is 5.91 Å². The highest BCUT2D eigenvalue weighted by atomic mass is 16.2. The number of benzene rings is 3. The number of carbonyl (C=O) groups is 2. The van der Waals surface area contributed by atoms with Crippen LogP contribution < -0.4 is 16.2 Å². The van der Waals surface area contributed by atoms with Gasteiger partial charge in [-0.05, 0) is 49.2 Å². The first-order chi connectivity index (χ1) is 15.6. The lowest BCUT2D eigenvalue weighted by Crippen LogP contribution is -2.26. The molecule has 158 valence electrons. The molecular weight excluding hydrogens is 404 g/mol. The number of amides is 2. The number of hydrogen-bond donors (Lipinski definition) is 2. The van der Waals surface area contributed by atoms with Crippen molar-refractivity contribution in [1.82, 2.24) is 9.78 Å². The Balaban J connectivity index is 1.50. The van der Waals surface area contributed by atoms with Gasteiger partial charge in [0.05, 0.1) is 11.1 Å². The van der Waals surface area contributed by atoms with Gasteiger partial charge in [0, 0.05) is 22.7 Å². The predicted octanol–water partition coefficient (Wildman–Crippen LogP) is 3.99. The van der Waals surface area contributed by atoms with Crippen LogP contribution in [0.15, 0.2) is 83.7 Å². The van der Waals surface area contributed by atoms with E-state index in [0.29, 0.717) is 27.8 Å². The van der Waals surface area contributed by atoms with E-state index in [2.05, 4.69) is 15.7 Å². The molecule has 2 amide bonds. The minimum absolute atomic E-state index is 0.00363. The number of hydrogen-bond acceptors (Lipinski definition) is 4. The molecule has 0 bridgehead atoms. The minimum Gasteiger partial charge on any atom is -0.326 e. The largest absolute Gasteiger partial charge is 0.326 e. The highest BCUT2D eigenvalue weighted by Gasteiger charge is 2.29. The van der Waals surface area contributed by atoms with Gasteiger partial charge in [0.2, 0.25) is 5.91 Å². The standard InChI is InChI=1S/C25H20N4O3/c30-23(16-13-14-16)26-17-7-6-8-18(15-17)27-24(31)22-20-11-4-5-12-21(20)25(32)29(28-22)19-9-2-1-3-10-19/h1-12,15-16H,13-14H2,(H,26,30)(H,27,31). The molecule has 0 radical (unpaired) electrons. The maximum atomic E-state index is 13.2. The quantitative estimate of drug-likeness (QED) is 0.507. The van der Waals surface area contributed by atoms with Crippen molar-refractivity contribution in [2.45, 2.75) is 12.8 Å². The molecule has 1 heterocycles. The summed E-state index contributed by atoms with van der Waals surface area (Å²) in [6.07, 6.45) is 1.83. The zero-order chi connectivity index (χ0) is 22.1. The average Bonchev–Trinajstić information content (AvgIpc) is 3.66. The Hall–Kier alpha value is -4.26. The number of nitrogens with zero attached hydrogens (tertiary/aromatic N) is 2. The molecule has 0 aliphatic heterocycles. The van der Waals surface area contributed by atoms with Crippen molar-refractivity contribution in [2.24, 2.45) is 5.92 Å². The summed E-state index contributed by atoms with van der Waals surface area (Å²) in [4.78, 5) is 38.2. The summed E-state index contributed by atoms with van der Waals surface area (Å²) in [6, 6.07) is 22.9. The highest BCUT2D eigenvalue weighted by molar-refractivity contribution is 6.11. The predicted molar refractivity (Wildman–Crippen MR) is 123 cm³/mol. The monoisotopic (exact) mass is 424 g/mol. The van der Waals surface area contributed by atoms with Crippen molar-refractivity contribution in [2.75, 3.05) is 10.6 Å². The van der Waals surface area contributed by atoms with Crippen LogP contribution in [0.5, 0.6) is 0 Å². The number of aromatic nitrogens is 2. The lowest BCUT2D eigenvalue weighted by atomic mass is 10.1. The number of nitrogens with one attached hydrogen (secondary N) is 2. The summed E-state index contributed by atoms with van der Waals surface area (Å²) in [5, 5.41) is 11.0. The van der Waals surface area contributed by atoms with Crippen LogP contribution in [0.4, 0.5) is 11.4 Å². The van der Waals surface area contributed by atoms with Crippen LogP contribution in [-0.2, 0) is 4.79 Å². The second-order valence-corrected chi connectivity index (χ2v) is 7.75. The van der Waals surface area contributed by atoms with Gasteiger partial charge in [-0.15, -0.1) is 0 Å². The van der Waals surface area contributed by atoms with Crippen molar-refractivity contribution < 1.29 is 9.59 Å². The van der Waals surface area contributed by atoms with Crippen molar-refractivity contribution >= 4 is 34.0 Å². The summed E-state index contributed by atoms with van der Waals surface area (Å²) in [7, 11) is 0. The van der Waals surface area contributed by atoms with E-state index in [4.69, 9.17) is 0 Å². The van der Waals surface area contributed by atoms with Crippen LogP contribution in [0, 0.1) is 5.92 Å². The maximum Gasteiger partial charge on any atom is 0.279 e. The number of fused-ring (bicyclic) bond motifs is 1. The van der Waals surface area contributed by atoms with E-state index in [1.165, 1.54) is 4.68 Å². The molecule has 3 aromatic carbocycles. The zero-order valence-corrected chi connectivity index (χ0v) is 17.1. The minimum atomic E-state index is -0.448. The third-order valence-corrected chi connectivity index (χ3v) is 5.36. The average molecular weight is 424 g/mol. The molecule has 2 N–H and O–H groups in total. The molecule has 0 unspecified atom stereocenters. The lowest BCUT2D eigenvalue weighted by molar-refractivity contribution is -0.117. The van der Waals surface area contributed by atoms with E-state index in [0.717, 1.165) is 12.8 Å². The third-order valence-electron chi connectivity index (χ3n) is 5.36. The fraction of sp³-hybridized carbons (Fsp3) is 0.120. The van der Waals surface area contributed by atoms with Gasteiger partial charge in [-0.3, -0.25) is 14.4 Å². The fourth-order valence-electron chi connectivity index (χ4n) is 3.56. The van der Waals surface area contributed by atoms with Crippen molar-refractivity contribution in [1.29, 1.82) is 0 Å². The molecule has 1 aliphatic rings. The van der Waals surface area contributed by atoms with Crippen LogP contribution in [0.25, 0.3) is 16.5 Å². The smallest absolute Gasteiger partial charge is 0.279 e. The summed E-state index contributed by atoms with van der Waals surface area (Å²) >= 11 is 0. The molecule has 0 atom stereocenters. The Kier molecular flexibility index (Phi) is 4.99. The molecule has 1 aromatic heterocycles. The molecule has 1 saturated carbocycles. The summed E-state index contributed by atoms with van der Waals surface area (Å²) in [5.41, 5.74) is 1.55. The molecule has 0 spiro atoms. The van der Waals surface area contributed by atoms with Gasteiger partial charge in [0.15, 0.2) is 5.69 Å². The van der Waals surface area contributed by atoms with E-state index in [1.807, 2.05) is 6.07 Å². The van der Waals surface area contributed by atoms with Gasteiger partial charge in [-0.2, -0.15) is 9.78 Å². The third kappa shape index (κ3) is 3.88. The van der Waals surface area contributed by atoms with Crippen LogP contribution in [0.2, 0.25) is 0 Å². The Morgan fingerprint density at radius 1 is 0.812 bits per heavy atom. The maximum absolute atomic E-state index is 13.2. The van der Waals surface area contributed by atoms with Crippen LogP contribution >= 0.6 is 0 Å². The van der Waals surface area contributed by atoms with Gasteiger partial charge >= 0.3 is 0 Å². The molecule has 4 aromatic rings. The van der Waals surface area contributed by atoms with Crippen LogP contribution in [0.3, 0.4) is 0 Å². The SMILES string of the molecule is O=C(Nc1cccc(NC(=O)C2CC2)c1)c1nn(-c2ccccc2)c(=O)c2ccccc12. The van der Waals surface area contributed by atoms with E-state index in [9.17, 15) is 14.4 Å². The van der Waals surface area contributed by atoms with Crippen molar-refractivity contribution in [3.05, 3.63) is 94.9 Å². The summed E-state index contributed by atoms with van der Waals surface area (Å²) < 4.78 is 1.24. The zero-order valence-electron chi connectivity index (χ0n) is 17.1. The molecule has 5 rings (SSSR count). The molecule has 0 saturated heterocycles. The Morgan fingerprint density at radius 3 is 2.19 bits per heavy atom. The Morgan fingerprint density at radius 2 is 1.47 bits per heavy atom. The Bertz CT molecular complexity index is 1390. The van der Waals surface area contributed by atoms with Crippen molar-refractivity contribution in [3.8, 4) is 5.69 Å². The van der Waals surface area contributed by atoms with E-state index in [1.54, 1.807) is 72.8 Å². The summed E-state index contributed by atoms with van der Waals surface area (Å²) in [6.45, 7) is 0. The lowest BCUT2D eigenvalue weighted by Gasteiger charge is -2.12. The topological polar surface area (TPSA) is 93.1 Å². The molecule has 1 aliphatic carbocycles. The molecule has 7 heteroatoms. The van der Waals surface area contributed by atoms with Crippen LogP contribution in [-0.4, -0.2) is 21.6 Å². The second-order valence-electron chi connectivity index (χ2n) is 7.75. The van der Waals surface area contributed by atoms with Gasteiger partial charge in [0.1, 0.15) is 0 Å². The number of anilines is 2. The van der Waals surface area contributed by atoms with Gasteiger partial charge in [-0.1, -0.05) is 42.5 Å². The number of rotatable bonds is 5. The second kappa shape index (κ2) is 8.11. The molecule has 32 heavy (non-hydrogen) atoms. The fourth-order valence-corrected chi connectivity index (χ4v) is 3.56. The van der Waals surface area contributed by atoms with Crippen molar-refractivity contribution in [3.63, 3.8) is 0 Å². The molecule has 7 nitrogen and oxygen atoms in total. The first-order valence-corrected chi connectivity index (χ1v) is 10.4. The van der Waals surface area contributed by atoms with E-state index in [-0.39, 0.29) is 23.1 Å². The van der Waals surface area contributed by atoms with Gasteiger partial charge in [-0.25, -0.2) is 0 Å². The number of carbonyl (C=O) groups excluding carboxylic acids is 2. The number of para-hydroxylation sites is 1. The normalized spacial score (nSPS) is 13.0. The first kappa shape index (κ1) is 19.7. The van der Waals surface area contributed by atoms with Crippen LogP contribution in [0.1, 0.15) is 23.3 Å². The van der Waals surface area contributed by atoms with Gasteiger partial charge < -0.3 is 10.6 Å². The molecule has 1 fully saturated rings. The summed E-state index contributed by atoms with van der Waals surface area (Å²) in [5.74, 6) is -0.365. The van der Waals surface area contributed by atoms with E-state index >= 15 is 0 Å². The first-order valence-electron chi connectivity index (χ1n) is 10.4. The van der Waals surface area contributed by atoms with Gasteiger partial charge in [0.25, 0.3) is 11.5 Å².